The number of hydrogen-bond donors (Lipinski definition) is 2. The maximum Gasteiger partial charge on any atom is 0.306 e. The van der Waals surface area contributed by atoms with E-state index in [4.69, 9.17) is 20.3 Å². The molecular formula is C14H20N2O6. The van der Waals surface area contributed by atoms with Crippen LogP contribution in [0.25, 0.3) is 0 Å². The summed E-state index contributed by atoms with van der Waals surface area (Å²) in [5.41, 5.74) is -0.334. The van der Waals surface area contributed by atoms with Crippen molar-refractivity contribution in [2.75, 3.05) is 0 Å². The Morgan fingerprint density at radius 1 is 1.14 bits per heavy atom. The van der Waals surface area contributed by atoms with Crippen molar-refractivity contribution < 1.29 is 28.7 Å². The normalized spacial score (nSPS) is 12.7. The van der Waals surface area contributed by atoms with Crippen LogP contribution < -0.4 is 0 Å². The van der Waals surface area contributed by atoms with Crippen LogP contribution in [0, 0.1) is 10.8 Å². The number of ether oxygens (including phenoxy) is 2. The molecule has 0 aliphatic carbocycles. The van der Waals surface area contributed by atoms with Crippen molar-refractivity contribution in [3.63, 3.8) is 0 Å². The first-order valence-electron chi connectivity index (χ1n) is 6.69. The molecule has 0 spiro atoms. The lowest BCUT2D eigenvalue weighted by atomic mass is 10.0. The van der Waals surface area contributed by atoms with E-state index in [1.807, 2.05) is 0 Å². The van der Waals surface area contributed by atoms with E-state index in [9.17, 15) is 19.2 Å². The zero-order chi connectivity index (χ0) is 17.3. The molecule has 0 fully saturated rings. The van der Waals surface area contributed by atoms with Gasteiger partial charge >= 0.3 is 11.9 Å². The van der Waals surface area contributed by atoms with Crippen LogP contribution in [-0.2, 0) is 28.7 Å². The predicted octanol–water partition coefficient (Wildman–Crippen LogP) is 0.848. The lowest BCUT2D eigenvalue weighted by Crippen LogP contribution is -2.38. The Balaban J connectivity index is 5.05. The fourth-order valence-electron chi connectivity index (χ4n) is 1.57. The molecule has 2 atom stereocenters. The number of ketones is 2. The average Bonchev–Trinajstić information content (AvgIpc) is 2.42. The second-order valence-electron chi connectivity index (χ2n) is 4.54. The van der Waals surface area contributed by atoms with Gasteiger partial charge in [-0.1, -0.05) is 6.92 Å². The number of carbonyl (C=O) groups is 4. The molecular weight excluding hydrogens is 292 g/mol. The fraction of sp³-hybridized carbons (Fsp3) is 0.571. The molecule has 22 heavy (non-hydrogen) atoms. The molecule has 0 saturated carbocycles. The van der Waals surface area contributed by atoms with Gasteiger partial charge in [-0.15, -0.1) is 0 Å². The highest BCUT2D eigenvalue weighted by Crippen LogP contribution is 2.10. The van der Waals surface area contributed by atoms with Crippen LogP contribution in [0.3, 0.4) is 0 Å². The number of Topliss-reactive ketones (excluding diaryl/α,β-unsaturated/α-hetero) is 2. The van der Waals surface area contributed by atoms with Crippen LogP contribution in [0.15, 0.2) is 0 Å². The molecule has 0 aromatic rings. The van der Waals surface area contributed by atoms with Gasteiger partial charge in [0, 0.05) is 32.4 Å². The van der Waals surface area contributed by atoms with Crippen molar-refractivity contribution in [3.8, 4) is 0 Å². The molecule has 0 aromatic heterocycles. The van der Waals surface area contributed by atoms with Crippen LogP contribution in [0.1, 0.15) is 40.0 Å². The lowest BCUT2D eigenvalue weighted by Gasteiger charge is -2.20. The van der Waals surface area contributed by atoms with Crippen molar-refractivity contribution >= 4 is 35.4 Å². The van der Waals surface area contributed by atoms with Gasteiger partial charge in [0.05, 0.1) is 5.71 Å². The summed E-state index contributed by atoms with van der Waals surface area (Å²) in [6.07, 6.45) is -2.43. The minimum absolute atomic E-state index is 0.0389. The molecule has 0 radical (unpaired) electrons. The highest BCUT2D eigenvalue weighted by atomic mass is 16.6. The predicted molar refractivity (Wildman–Crippen MR) is 77.2 cm³/mol. The maximum absolute atomic E-state index is 11.8. The largest absolute Gasteiger partial charge is 0.454 e. The van der Waals surface area contributed by atoms with Crippen LogP contribution in [0.2, 0.25) is 0 Å². The first-order chi connectivity index (χ1) is 10.2. The summed E-state index contributed by atoms with van der Waals surface area (Å²) in [4.78, 5) is 45.6. The van der Waals surface area contributed by atoms with Crippen molar-refractivity contribution in [1.82, 2.24) is 0 Å². The topological polar surface area (TPSA) is 134 Å². The Hall–Kier alpha value is -2.38. The van der Waals surface area contributed by atoms with Gasteiger partial charge in [0.25, 0.3) is 0 Å². The third-order valence-electron chi connectivity index (χ3n) is 2.60. The van der Waals surface area contributed by atoms with Gasteiger partial charge in [0.15, 0.2) is 23.8 Å². The van der Waals surface area contributed by atoms with Crippen LogP contribution in [0.4, 0.5) is 0 Å². The van der Waals surface area contributed by atoms with Gasteiger partial charge in [0.1, 0.15) is 0 Å². The number of hydrogen-bond acceptors (Lipinski definition) is 8. The monoisotopic (exact) mass is 312 g/mol. The van der Waals surface area contributed by atoms with E-state index < -0.39 is 35.7 Å². The average molecular weight is 312 g/mol. The highest BCUT2D eigenvalue weighted by Gasteiger charge is 2.30. The van der Waals surface area contributed by atoms with Gasteiger partial charge < -0.3 is 20.3 Å². The summed E-state index contributed by atoms with van der Waals surface area (Å²) >= 11 is 0. The van der Waals surface area contributed by atoms with E-state index in [2.05, 4.69) is 0 Å². The van der Waals surface area contributed by atoms with Gasteiger partial charge in [-0.05, 0) is 6.92 Å². The molecule has 0 aliphatic heterocycles. The molecule has 0 heterocycles. The van der Waals surface area contributed by atoms with Gasteiger partial charge in [-0.3, -0.25) is 19.2 Å². The number of rotatable bonds is 10. The third kappa shape index (κ3) is 6.87. The standard InChI is InChI=1S/C14H20N2O6/c1-4-13(20)22-14(8(2)17)10(16)7-12(21-9(3)18)11(19)5-6-15/h6,12,14-16H,4-5,7H2,1-3H3. The Morgan fingerprint density at radius 2 is 1.73 bits per heavy atom. The Labute approximate surface area is 128 Å². The molecule has 0 aliphatic rings. The van der Waals surface area contributed by atoms with E-state index in [0.717, 1.165) is 20.1 Å². The van der Waals surface area contributed by atoms with E-state index in [1.54, 1.807) is 6.92 Å². The fourth-order valence-corrected chi connectivity index (χ4v) is 1.57. The molecule has 0 saturated heterocycles. The van der Waals surface area contributed by atoms with Gasteiger partial charge in [0.2, 0.25) is 0 Å². The van der Waals surface area contributed by atoms with Crippen LogP contribution >= 0.6 is 0 Å². The molecule has 122 valence electrons. The smallest absolute Gasteiger partial charge is 0.306 e. The summed E-state index contributed by atoms with van der Waals surface area (Å²) in [5.74, 6) is -2.51. The van der Waals surface area contributed by atoms with E-state index >= 15 is 0 Å². The third-order valence-corrected chi connectivity index (χ3v) is 2.60. The summed E-state index contributed by atoms with van der Waals surface area (Å²) < 4.78 is 9.67. The molecule has 2 N–H and O–H groups in total. The Morgan fingerprint density at radius 3 is 2.14 bits per heavy atom. The van der Waals surface area contributed by atoms with E-state index in [-0.39, 0.29) is 25.0 Å². The van der Waals surface area contributed by atoms with E-state index in [1.165, 1.54) is 0 Å². The summed E-state index contributed by atoms with van der Waals surface area (Å²) in [7, 11) is 0. The summed E-state index contributed by atoms with van der Waals surface area (Å²) in [5, 5.41) is 14.7. The second kappa shape index (κ2) is 9.54. The zero-order valence-electron chi connectivity index (χ0n) is 12.8. The molecule has 0 rings (SSSR count). The zero-order valence-corrected chi connectivity index (χ0v) is 12.8. The van der Waals surface area contributed by atoms with Crippen LogP contribution in [0.5, 0.6) is 0 Å². The van der Waals surface area contributed by atoms with Crippen molar-refractivity contribution in [2.24, 2.45) is 0 Å². The molecule has 0 bridgehead atoms. The maximum atomic E-state index is 11.8. The van der Waals surface area contributed by atoms with Gasteiger partial charge in [-0.25, -0.2) is 0 Å². The highest BCUT2D eigenvalue weighted by molar-refractivity contribution is 6.09. The minimum atomic E-state index is -1.40. The first kappa shape index (κ1) is 19.6. The molecule has 8 heteroatoms. The molecule has 8 nitrogen and oxygen atoms in total. The SMILES string of the molecule is CCC(=O)OC(C(=N)CC(OC(C)=O)C(=O)CC=N)C(C)=O. The molecule has 2 unspecified atom stereocenters. The van der Waals surface area contributed by atoms with Crippen molar-refractivity contribution in [3.05, 3.63) is 0 Å². The first-order valence-corrected chi connectivity index (χ1v) is 6.69. The Bertz CT molecular complexity index is 486. The molecule has 0 aromatic carbocycles. The lowest BCUT2D eigenvalue weighted by molar-refractivity contribution is -0.153. The van der Waals surface area contributed by atoms with Crippen LogP contribution in [-0.4, -0.2) is 47.6 Å². The number of esters is 2. The van der Waals surface area contributed by atoms with E-state index in [0.29, 0.717) is 0 Å². The quantitative estimate of drug-likeness (QED) is 0.453. The second-order valence-corrected chi connectivity index (χ2v) is 4.54. The number of carbonyl (C=O) groups excluding carboxylic acids is 4. The van der Waals surface area contributed by atoms with Crippen molar-refractivity contribution in [1.29, 1.82) is 10.8 Å². The van der Waals surface area contributed by atoms with Crippen molar-refractivity contribution in [2.45, 2.75) is 52.2 Å². The minimum Gasteiger partial charge on any atom is -0.454 e. The summed E-state index contributed by atoms with van der Waals surface area (Å²) in [6.45, 7) is 3.80. The number of nitrogens with one attached hydrogen (secondary N) is 2. The summed E-state index contributed by atoms with van der Waals surface area (Å²) in [6, 6.07) is 0. The van der Waals surface area contributed by atoms with Gasteiger partial charge in [-0.2, -0.15) is 0 Å². The molecule has 0 amide bonds. The Kier molecular flexibility index (Phi) is 8.51.